The zero-order chi connectivity index (χ0) is 18.3. The highest BCUT2D eigenvalue weighted by Crippen LogP contribution is 2.45. The third-order valence-corrected chi connectivity index (χ3v) is 5.21. The number of nitrogens with one attached hydrogen (secondary N) is 2. The standard InChI is InChI=1S/C20H19FN2O3/c1-12-18(24)23-16-11-15(7-8-17(16)26-12)22-19(25)20(9-2-10-20)13-3-5-14(21)6-4-13/h3-8,11-12H,2,9-10H2,1H3,(H,22,25)(H,23,24)/t12-/m1/s1. The molecule has 0 bridgehead atoms. The van der Waals surface area contributed by atoms with Crippen LogP contribution in [0.25, 0.3) is 0 Å². The van der Waals surface area contributed by atoms with Crippen LogP contribution >= 0.6 is 0 Å². The van der Waals surface area contributed by atoms with Gasteiger partial charge in [0.05, 0.1) is 11.1 Å². The molecule has 1 atom stereocenters. The molecular formula is C20H19FN2O3. The Morgan fingerprint density at radius 1 is 1.23 bits per heavy atom. The summed E-state index contributed by atoms with van der Waals surface area (Å²) in [4.78, 5) is 24.7. The summed E-state index contributed by atoms with van der Waals surface area (Å²) in [6, 6.07) is 11.3. The van der Waals surface area contributed by atoms with Gasteiger partial charge in [0.1, 0.15) is 11.6 Å². The normalized spacial score (nSPS) is 20.2. The van der Waals surface area contributed by atoms with Crippen molar-refractivity contribution in [3.63, 3.8) is 0 Å². The third kappa shape index (κ3) is 2.71. The average Bonchev–Trinajstić information content (AvgIpc) is 2.57. The number of benzene rings is 2. The van der Waals surface area contributed by atoms with Gasteiger partial charge in [0.15, 0.2) is 6.10 Å². The monoisotopic (exact) mass is 354 g/mol. The molecule has 1 heterocycles. The van der Waals surface area contributed by atoms with Crippen LogP contribution in [0.15, 0.2) is 42.5 Å². The van der Waals surface area contributed by atoms with Gasteiger partial charge in [0.2, 0.25) is 5.91 Å². The van der Waals surface area contributed by atoms with Gasteiger partial charge in [0, 0.05) is 5.69 Å². The Morgan fingerprint density at radius 2 is 1.96 bits per heavy atom. The Hall–Kier alpha value is -2.89. The largest absolute Gasteiger partial charge is 0.479 e. The summed E-state index contributed by atoms with van der Waals surface area (Å²) in [7, 11) is 0. The molecule has 0 radical (unpaired) electrons. The molecular weight excluding hydrogens is 335 g/mol. The Bertz CT molecular complexity index is 875. The van der Waals surface area contributed by atoms with Crippen LogP contribution in [0.1, 0.15) is 31.7 Å². The minimum absolute atomic E-state index is 0.119. The van der Waals surface area contributed by atoms with Gasteiger partial charge in [-0.15, -0.1) is 0 Å². The van der Waals surface area contributed by atoms with Crippen LogP contribution in [0.4, 0.5) is 15.8 Å². The number of hydrogen-bond acceptors (Lipinski definition) is 3. The molecule has 0 unspecified atom stereocenters. The van der Waals surface area contributed by atoms with Crippen LogP contribution < -0.4 is 15.4 Å². The number of rotatable bonds is 3. The molecule has 26 heavy (non-hydrogen) atoms. The van der Waals surface area contributed by atoms with Crippen molar-refractivity contribution >= 4 is 23.2 Å². The summed E-state index contributed by atoms with van der Waals surface area (Å²) >= 11 is 0. The first kappa shape index (κ1) is 16.6. The summed E-state index contributed by atoms with van der Waals surface area (Å²) in [5.41, 5.74) is 1.32. The van der Waals surface area contributed by atoms with Crippen LogP contribution in [0.2, 0.25) is 0 Å². The van der Waals surface area contributed by atoms with Gasteiger partial charge in [-0.25, -0.2) is 4.39 Å². The SMILES string of the molecule is C[C@H]1Oc2ccc(NC(=O)C3(c4ccc(F)cc4)CCC3)cc2NC1=O. The first-order valence-electron chi connectivity index (χ1n) is 8.67. The van der Waals surface area contributed by atoms with E-state index in [4.69, 9.17) is 4.74 Å². The van der Waals surface area contributed by atoms with E-state index in [1.807, 2.05) is 0 Å². The minimum atomic E-state index is -0.627. The summed E-state index contributed by atoms with van der Waals surface area (Å²) in [6.07, 6.45) is 1.87. The molecule has 1 aliphatic heterocycles. The van der Waals surface area contributed by atoms with Gasteiger partial charge in [-0.1, -0.05) is 18.6 Å². The maximum absolute atomic E-state index is 13.2. The summed E-state index contributed by atoms with van der Waals surface area (Å²) in [5.74, 6) is -0.0789. The van der Waals surface area contributed by atoms with Gasteiger partial charge in [0.25, 0.3) is 5.91 Å². The van der Waals surface area contributed by atoms with E-state index < -0.39 is 11.5 Å². The fourth-order valence-electron chi connectivity index (χ4n) is 3.48. The maximum atomic E-state index is 13.2. The molecule has 0 saturated heterocycles. The van der Waals surface area contributed by atoms with E-state index >= 15 is 0 Å². The van der Waals surface area contributed by atoms with Gasteiger partial charge in [-0.3, -0.25) is 9.59 Å². The summed E-state index contributed by atoms with van der Waals surface area (Å²) in [5, 5.41) is 5.71. The average molecular weight is 354 g/mol. The first-order chi connectivity index (χ1) is 12.5. The zero-order valence-electron chi connectivity index (χ0n) is 14.3. The van der Waals surface area contributed by atoms with Gasteiger partial charge >= 0.3 is 0 Å². The molecule has 2 aromatic carbocycles. The second-order valence-corrected chi connectivity index (χ2v) is 6.86. The van der Waals surface area contributed by atoms with Gasteiger partial charge in [-0.2, -0.15) is 0 Å². The van der Waals surface area contributed by atoms with Crippen molar-refractivity contribution in [3.05, 3.63) is 53.8 Å². The molecule has 2 aliphatic rings. The van der Waals surface area contributed by atoms with E-state index in [9.17, 15) is 14.0 Å². The predicted octanol–water partition coefficient (Wildman–Crippen LogP) is 3.61. The fourth-order valence-corrected chi connectivity index (χ4v) is 3.48. The van der Waals surface area contributed by atoms with E-state index in [2.05, 4.69) is 10.6 Å². The molecule has 134 valence electrons. The Kier molecular flexibility index (Phi) is 3.90. The van der Waals surface area contributed by atoms with Crippen molar-refractivity contribution in [2.75, 3.05) is 10.6 Å². The Balaban J connectivity index is 1.57. The highest BCUT2D eigenvalue weighted by atomic mass is 19.1. The molecule has 0 aromatic heterocycles. The number of anilines is 2. The van der Waals surface area contributed by atoms with E-state index in [1.54, 1.807) is 37.3 Å². The van der Waals surface area contributed by atoms with Crippen molar-refractivity contribution in [1.82, 2.24) is 0 Å². The minimum Gasteiger partial charge on any atom is -0.479 e. The van der Waals surface area contributed by atoms with Crippen LogP contribution in [-0.4, -0.2) is 17.9 Å². The molecule has 1 fully saturated rings. The van der Waals surface area contributed by atoms with E-state index in [0.717, 1.165) is 24.8 Å². The zero-order valence-corrected chi connectivity index (χ0v) is 14.3. The molecule has 0 spiro atoms. The van der Waals surface area contributed by atoms with Gasteiger partial charge in [-0.05, 0) is 55.7 Å². The lowest BCUT2D eigenvalue weighted by molar-refractivity contribution is -0.124. The van der Waals surface area contributed by atoms with E-state index in [-0.39, 0.29) is 17.6 Å². The van der Waals surface area contributed by atoms with Crippen molar-refractivity contribution < 1.29 is 18.7 Å². The lowest BCUT2D eigenvalue weighted by Crippen LogP contribution is -2.46. The fraction of sp³-hybridized carbons (Fsp3) is 0.300. The van der Waals surface area contributed by atoms with Gasteiger partial charge < -0.3 is 15.4 Å². The number of carbonyl (C=O) groups is 2. The molecule has 2 amide bonds. The quantitative estimate of drug-likeness (QED) is 0.885. The first-order valence-corrected chi connectivity index (χ1v) is 8.67. The van der Waals surface area contributed by atoms with Crippen molar-refractivity contribution in [2.45, 2.75) is 37.7 Å². The predicted molar refractivity (Wildman–Crippen MR) is 95.7 cm³/mol. The second-order valence-electron chi connectivity index (χ2n) is 6.86. The maximum Gasteiger partial charge on any atom is 0.265 e. The Labute approximate surface area is 150 Å². The molecule has 5 nitrogen and oxygen atoms in total. The highest BCUT2D eigenvalue weighted by Gasteiger charge is 2.45. The molecule has 2 aromatic rings. The van der Waals surface area contributed by atoms with E-state index in [0.29, 0.717) is 17.1 Å². The van der Waals surface area contributed by atoms with Crippen LogP contribution in [0.5, 0.6) is 5.75 Å². The number of carbonyl (C=O) groups excluding carboxylic acids is 2. The van der Waals surface area contributed by atoms with Crippen molar-refractivity contribution in [3.8, 4) is 5.75 Å². The molecule has 1 saturated carbocycles. The number of halogens is 1. The van der Waals surface area contributed by atoms with E-state index in [1.165, 1.54) is 12.1 Å². The number of ether oxygens (including phenoxy) is 1. The molecule has 4 rings (SSSR count). The molecule has 1 aliphatic carbocycles. The lowest BCUT2D eigenvalue weighted by atomic mass is 9.64. The topological polar surface area (TPSA) is 67.4 Å². The second kappa shape index (κ2) is 6.12. The van der Waals surface area contributed by atoms with Crippen molar-refractivity contribution in [1.29, 1.82) is 0 Å². The smallest absolute Gasteiger partial charge is 0.265 e. The van der Waals surface area contributed by atoms with Crippen LogP contribution in [0, 0.1) is 5.82 Å². The van der Waals surface area contributed by atoms with Crippen LogP contribution in [-0.2, 0) is 15.0 Å². The van der Waals surface area contributed by atoms with Crippen molar-refractivity contribution in [2.24, 2.45) is 0 Å². The van der Waals surface area contributed by atoms with Crippen LogP contribution in [0.3, 0.4) is 0 Å². The number of fused-ring (bicyclic) bond motifs is 1. The molecule has 2 N–H and O–H groups in total. The highest BCUT2D eigenvalue weighted by molar-refractivity contribution is 6.02. The summed E-state index contributed by atoms with van der Waals surface area (Å²) < 4.78 is 18.7. The number of amides is 2. The number of hydrogen-bond donors (Lipinski definition) is 2. The lowest BCUT2D eigenvalue weighted by Gasteiger charge is -2.40. The molecule has 6 heteroatoms. The Morgan fingerprint density at radius 3 is 2.62 bits per heavy atom. The summed E-state index contributed by atoms with van der Waals surface area (Å²) in [6.45, 7) is 1.68. The third-order valence-electron chi connectivity index (χ3n) is 5.21.